The lowest BCUT2D eigenvalue weighted by Gasteiger charge is -2.14. The molecule has 0 aliphatic heterocycles. The zero-order valence-corrected chi connectivity index (χ0v) is 15.8. The fourth-order valence-corrected chi connectivity index (χ4v) is 4.20. The highest BCUT2D eigenvalue weighted by molar-refractivity contribution is 7.91. The van der Waals surface area contributed by atoms with Gasteiger partial charge in [0.2, 0.25) is 0 Å². The highest BCUT2D eigenvalue weighted by atomic mass is 32.2. The van der Waals surface area contributed by atoms with Crippen molar-refractivity contribution in [1.29, 1.82) is 0 Å². The third-order valence-corrected chi connectivity index (χ3v) is 5.90. The number of hydrogen-bond donors (Lipinski definition) is 2. The van der Waals surface area contributed by atoms with Crippen LogP contribution in [0.4, 0.5) is 0 Å². The van der Waals surface area contributed by atoms with Gasteiger partial charge in [-0.3, -0.25) is 0 Å². The molecule has 0 atom stereocenters. The van der Waals surface area contributed by atoms with E-state index >= 15 is 0 Å². The molecule has 0 heterocycles. The van der Waals surface area contributed by atoms with Gasteiger partial charge in [0.05, 0.1) is 0 Å². The van der Waals surface area contributed by atoms with E-state index in [4.69, 9.17) is 0 Å². The maximum absolute atomic E-state index is 13.2. The second-order valence-corrected chi connectivity index (χ2v) is 7.84. The molecule has 0 saturated carbocycles. The predicted molar refractivity (Wildman–Crippen MR) is 112 cm³/mol. The lowest BCUT2D eigenvalue weighted by molar-refractivity contribution is 0.476. The second kappa shape index (κ2) is 7.80. The van der Waals surface area contributed by atoms with Crippen molar-refractivity contribution in [1.82, 2.24) is 0 Å². The monoisotopic (exact) mass is 386 g/mol. The molecule has 0 radical (unpaired) electrons. The molecule has 4 heteroatoms. The highest BCUT2D eigenvalue weighted by Gasteiger charge is 2.19. The fraction of sp³-hybridized carbons (Fsp3) is 0. The summed E-state index contributed by atoms with van der Waals surface area (Å²) >= 11 is -1.45. The lowest BCUT2D eigenvalue weighted by Crippen LogP contribution is -2.02. The maximum atomic E-state index is 13.2. The first-order chi connectivity index (χ1) is 13.6. The highest BCUT2D eigenvalue weighted by Crippen LogP contribution is 2.36. The molecule has 4 rings (SSSR count). The largest absolute Gasteiger partial charge is 0.606 e. The third-order valence-electron chi connectivity index (χ3n) is 4.53. The van der Waals surface area contributed by atoms with Gasteiger partial charge in [0.1, 0.15) is 11.5 Å². The van der Waals surface area contributed by atoms with Crippen molar-refractivity contribution in [3.63, 3.8) is 0 Å². The summed E-state index contributed by atoms with van der Waals surface area (Å²) in [6, 6.07) is 28.9. The van der Waals surface area contributed by atoms with Crippen LogP contribution in [0.2, 0.25) is 0 Å². The minimum atomic E-state index is -1.45. The Labute approximate surface area is 166 Å². The number of aromatic hydroxyl groups is 2. The summed E-state index contributed by atoms with van der Waals surface area (Å²) in [6.45, 7) is 0. The normalized spacial score (nSPS) is 10.9. The molecule has 0 fully saturated rings. The minimum absolute atomic E-state index is 0.141. The van der Waals surface area contributed by atoms with Crippen LogP contribution in [0.25, 0.3) is 22.3 Å². The second-order valence-electron chi connectivity index (χ2n) is 6.36. The first kappa shape index (κ1) is 18.2. The van der Waals surface area contributed by atoms with Crippen molar-refractivity contribution in [3.8, 4) is 33.8 Å². The Kier molecular flexibility index (Phi) is 5.06. The van der Waals surface area contributed by atoms with Gasteiger partial charge in [0, 0.05) is 34.4 Å². The van der Waals surface area contributed by atoms with Crippen LogP contribution in [0.5, 0.6) is 11.5 Å². The van der Waals surface area contributed by atoms with Crippen LogP contribution in [-0.2, 0) is 11.2 Å². The van der Waals surface area contributed by atoms with Crippen molar-refractivity contribution >= 4 is 11.2 Å². The Morgan fingerprint density at radius 3 is 1.32 bits per heavy atom. The van der Waals surface area contributed by atoms with Gasteiger partial charge in [-0.1, -0.05) is 60.7 Å². The van der Waals surface area contributed by atoms with Gasteiger partial charge in [0.15, 0.2) is 9.79 Å². The molecule has 0 spiro atoms. The van der Waals surface area contributed by atoms with Crippen LogP contribution in [0.15, 0.2) is 107 Å². The molecule has 0 unspecified atom stereocenters. The first-order valence-corrected chi connectivity index (χ1v) is 9.97. The molecule has 0 aromatic heterocycles. The van der Waals surface area contributed by atoms with E-state index in [0.29, 0.717) is 20.9 Å². The Morgan fingerprint density at radius 1 is 0.536 bits per heavy atom. The van der Waals surface area contributed by atoms with E-state index in [1.165, 1.54) is 0 Å². The van der Waals surface area contributed by atoms with Crippen LogP contribution in [0, 0.1) is 0 Å². The first-order valence-electron chi connectivity index (χ1n) is 8.82. The average molecular weight is 386 g/mol. The van der Waals surface area contributed by atoms with Crippen LogP contribution in [-0.4, -0.2) is 14.8 Å². The van der Waals surface area contributed by atoms with Crippen molar-refractivity contribution < 1.29 is 14.8 Å². The molecule has 0 amide bonds. The smallest absolute Gasteiger partial charge is 0.159 e. The van der Waals surface area contributed by atoms with Crippen LogP contribution < -0.4 is 0 Å². The SMILES string of the molecule is [O-][S+](c1ccc(O)c(-c2ccccc2)c1)c1ccc(O)c(-c2ccccc2)c1. The minimum Gasteiger partial charge on any atom is -0.606 e. The molecular weight excluding hydrogens is 368 g/mol. The topological polar surface area (TPSA) is 63.5 Å². The van der Waals surface area contributed by atoms with E-state index < -0.39 is 11.2 Å². The average Bonchev–Trinajstić information content (AvgIpc) is 2.75. The van der Waals surface area contributed by atoms with Crippen LogP contribution in [0.1, 0.15) is 0 Å². The number of phenols is 2. The summed E-state index contributed by atoms with van der Waals surface area (Å²) in [7, 11) is 0. The predicted octanol–water partition coefficient (Wildman–Crippen LogP) is 5.60. The summed E-state index contributed by atoms with van der Waals surface area (Å²) in [5, 5.41) is 20.5. The van der Waals surface area contributed by atoms with Gasteiger partial charge in [-0.05, 0) is 35.4 Å². The summed E-state index contributed by atoms with van der Waals surface area (Å²) in [4.78, 5) is 1.17. The van der Waals surface area contributed by atoms with Crippen molar-refractivity contribution in [2.24, 2.45) is 0 Å². The van der Waals surface area contributed by atoms with E-state index in [0.717, 1.165) is 11.1 Å². The Hall–Kier alpha value is -3.21. The van der Waals surface area contributed by atoms with Gasteiger partial charge in [-0.2, -0.15) is 0 Å². The molecule has 28 heavy (non-hydrogen) atoms. The molecular formula is C24H18O3S. The quantitative estimate of drug-likeness (QED) is 0.449. The van der Waals surface area contributed by atoms with E-state index in [-0.39, 0.29) is 11.5 Å². The van der Waals surface area contributed by atoms with Gasteiger partial charge in [0.25, 0.3) is 0 Å². The summed E-state index contributed by atoms with van der Waals surface area (Å²) in [5.41, 5.74) is 2.98. The summed E-state index contributed by atoms with van der Waals surface area (Å²) in [6.07, 6.45) is 0. The van der Waals surface area contributed by atoms with Crippen LogP contribution in [0.3, 0.4) is 0 Å². The molecule has 138 valence electrons. The fourth-order valence-electron chi connectivity index (χ4n) is 3.09. The maximum Gasteiger partial charge on any atom is 0.159 e. The van der Waals surface area contributed by atoms with E-state index in [9.17, 15) is 14.8 Å². The molecule has 0 saturated heterocycles. The van der Waals surface area contributed by atoms with E-state index in [2.05, 4.69) is 0 Å². The van der Waals surface area contributed by atoms with Crippen molar-refractivity contribution in [2.45, 2.75) is 9.79 Å². The molecule has 0 aliphatic rings. The lowest BCUT2D eigenvalue weighted by atomic mass is 10.1. The molecule has 4 aromatic rings. The number of rotatable bonds is 4. The summed E-state index contributed by atoms with van der Waals surface area (Å²) in [5.74, 6) is 0.283. The Balaban J connectivity index is 1.74. The molecule has 3 nitrogen and oxygen atoms in total. The number of phenolic OH excluding ortho intramolecular Hbond substituents is 2. The third kappa shape index (κ3) is 3.60. The standard InChI is InChI=1S/C24H18O3S/c25-23-13-11-19(15-21(23)17-7-3-1-4-8-17)28(27)20-12-14-24(26)22(16-20)18-9-5-2-6-10-18/h1-16,25-26H. The van der Waals surface area contributed by atoms with Gasteiger partial charge in [-0.15, -0.1) is 0 Å². The zero-order valence-electron chi connectivity index (χ0n) is 14.9. The summed E-state index contributed by atoms with van der Waals surface area (Å²) < 4.78 is 13.2. The molecule has 2 N–H and O–H groups in total. The molecule has 0 bridgehead atoms. The Bertz CT molecular complexity index is 1010. The van der Waals surface area contributed by atoms with E-state index in [1.54, 1.807) is 36.4 Å². The van der Waals surface area contributed by atoms with Crippen LogP contribution >= 0.6 is 0 Å². The number of hydrogen-bond acceptors (Lipinski definition) is 3. The molecule has 0 aliphatic carbocycles. The van der Waals surface area contributed by atoms with Crippen molar-refractivity contribution in [3.05, 3.63) is 97.1 Å². The van der Waals surface area contributed by atoms with E-state index in [1.807, 2.05) is 60.7 Å². The van der Waals surface area contributed by atoms with Gasteiger partial charge in [-0.25, -0.2) is 0 Å². The zero-order chi connectivity index (χ0) is 19.5. The molecule has 4 aromatic carbocycles. The Morgan fingerprint density at radius 2 is 0.929 bits per heavy atom. The van der Waals surface area contributed by atoms with Gasteiger partial charge < -0.3 is 14.8 Å². The number of benzene rings is 4. The van der Waals surface area contributed by atoms with Crippen molar-refractivity contribution in [2.75, 3.05) is 0 Å². The van der Waals surface area contributed by atoms with Gasteiger partial charge >= 0.3 is 0 Å².